The molecule has 0 bridgehead atoms. The van der Waals surface area contributed by atoms with Crippen LogP contribution in [-0.4, -0.2) is 21.4 Å². The number of para-hydroxylation sites is 1. The lowest BCUT2D eigenvalue weighted by molar-refractivity contribution is -0.122. The van der Waals surface area contributed by atoms with Crippen LogP contribution >= 0.6 is 27.3 Å². The molecule has 0 spiro atoms. The number of aromatic nitrogens is 2. The fourth-order valence-corrected chi connectivity index (χ4v) is 3.46. The topological polar surface area (TPSA) is 93.1 Å². The van der Waals surface area contributed by atoms with Gasteiger partial charge in [0.2, 0.25) is 5.91 Å². The van der Waals surface area contributed by atoms with Gasteiger partial charge in [0.15, 0.2) is 0 Å². The first-order valence-corrected chi connectivity index (χ1v) is 8.94. The van der Waals surface area contributed by atoms with E-state index in [0.29, 0.717) is 15.8 Å². The monoisotopic (exact) mass is 420 g/mol. The maximum Gasteiger partial charge on any atom is 0.279 e. The summed E-state index contributed by atoms with van der Waals surface area (Å²) in [5.74, 6) is -0.794. The first kappa shape index (κ1) is 17.3. The van der Waals surface area contributed by atoms with Crippen LogP contribution in [0.15, 0.2) is 51.3 Å². The number of nitrogens with one attached hydrogen (secondary N) is 2. The van der Waals surface area contributed by atoms with Crippen LogP contribution in [0.1, 0.15) is 16.1 Å². The van der Waals surface area contributed by atoms with Gasteiger partial charge < -0.3 is 0 Å². The maximum atomic E-state index is 12.3. The SMILES string of the molecule is O=C(CCn1cnc2ccccc2c1=O)NNC(=O)c1ccc(Br)s1. The van der Waals surface area contributed by atoms with E-state index in [9.17, 15) is 14.4 Å². The minimum atomic E-state index is -0.399. The van der Waals surface area contributed by atoms with Crippen LogP contribution in [0.4, 0.5) is 0 Å². The molecule has 0 unspecified atom stereocenters. The van der Waals surface area contributed by atoms with Crippen LogP contribution in [0.25, 0.3) is 10.9 Å². The Balaban J connectivity index is 1.56. The van der Waals surface area contributed by atoms with Gasteiger partial charge >= 0.3 is 0 Å². The lowest BCUT2D eigenvalue weighted by Crippen LogP contribution is -2.41. The molecule has 2 aromatic heterocycles. The van der Waals surface area contributed by atoms with Crippen LogP contribution in [0.5, 0.6) is 0 Å². The Morgan fingerprint density at radius 3 is 2.72 bits per heavy atom. The Hall–Kier alpha value is -2.52. The Morgan fingerprint density at radius 1 is 1.16 bits per heavy atom. The molecule has 25 heavy (non-hydrogen) atoms. The number of halogens is 1. The highest BCUT2D eigenvalue weighted by molar-refractivity contribution is 9.11. The highest BCUT2D eigenvalue weighted by atomic mass is 79.9. The summed E-state index contributed by atoms with van der Waals surface area (Å²) < 4.78 is 2.20. The van der Waals surface area contributed by atoms with Gasteiger partial charge in [-0.05, 0) is 40.2 Å². The first-order chi connectivity index (χ1) is 12.0. The minimum Gasteiger partial charge on any atom is -0.298 e. The van der Waals surface area contributed by atoms with Gasteiger partial charge in [0.1, 0.15) is 0 Å². The van der Waals surface area contributed by atoms with Gasteiger partial charge in [-0.15, -0.1) is 11.3 Å². The lowest BCUT2D eigenvalue weighted by Gasteiger charge is -2.08. The number of carbonyl (C=O) groups excluding carboxylic acids is 2. The zero-order valence-corrected chi connectivity index (χ0v) is 15.3. The molecule has 0 saturated heterocycles. The average Bonchev–Trinajstić information content (AvgIpc) is 3.06. The molecule has 0 fully saturated rings. The number of nitrogens with zero attached hydrogens (tertiary/aromatic N) is 2. The number of rotatable bonds is 4. The van der Waals surface area contributed by atoms with E-state index in [1.54, 1.807) is 36.4 Å². The number of aryl methyl sites for hydroxylation is 1. The molecule has 1 aromatic carbocycles. The molecule has 0 aliphatic rings. The third-order valence-corrected chi connectivity index (χ3v) is 5.05. The van der Waals surface area contributed by atoms with E-state index in [2.05, 4.69) is 31.8 Å². The normalized spacial score (nSPS) is 10.6. The first-order valence-electron chi connectivity index (χ1n) is 7.33. The third kappa shape index (κ3) is 4.12. The lowest BCUT2D eigenvalue weighted by atomic mass is 10.2. The largest absolute Gasteiger partial charge is 0.298 e. The Morgan fingerprint density at radius 2 is 1.96 bits per heavy atom. The van der Waals surface area contributed by atoms with Crippen molar-refractivity contribution in [3.8, 4) is 0 Å². The third-order valence-electron chi connectivity index (χ3n) is 3.42. The van der Waals surface area contributed by atoms with Gasteiger partial charge in [-0.3, -0.25) is 29.8 Å². The Bertz CT molecular complexity index is 998. The van der Waals surface area contributed by atoms with Crippen molar-refractivity contribution in [2.45, 2.75) is 13.0 Å². The number of hydrogen-bond donors (Lipinski definition) is 2. The van der Waals surface area contributed by atoms with Crippen LogP contribution in [-0.2, 0) is 11.3 Å². The Kier molecular flexibility index (Phi) is 5.25. The predicted octanol–water partition coefficient (Wildman–Crippen LogP) is 2.07. The zero-order valence-electron chi connectivity index (χ0n) is 12.9. The van der Waals surface area contributed by atoms with Crippen molar-refractivity contribution in [1.82, 2.24) is 20.4 Å². The summed E-state index contributed by atoms with van der Waals surface area (Å²) in [4.78, 5) is 40.7. The summed E-state index contributed by atoms with van der Waals surface area (Å²) in [6.07, 6.45) is 1.45. The van der Waals surface area contributed by atoms with E-state index < -0.39 is 11.8 Å². The predicted molar refractivity (Wildman–Crippen MR) is 98.2 cm³/mol. The number of fused-ring (bicyclic) bond motifs is 1. The number of hydrogen-bond acceptors (Lipinski definition) is 5. The number of hydrazine groups is 1. The van der Waals surface area contributed by atoms with Gasteiger partial charge in [0.25, 0.3) is 11.5 Å². The van der Waals surface area contributed by atoms with E-state index in [1.807, 2.05) is 0 Å². The highest BCUT2D eigenvalue weighted by Gasteiger charge is 2.10. The average molecular weight is 421 g/mol. The molecule has 2 N–H and O–H groups in total. The molecule has 0 aliphatic carbocycles. The summed E-state index contributed by atoms with van der Waals surface area (Å²) in [5, 5.41) is 0.502. The summed E-state index contributed by atoms with van der Waals surface area (Å²) in [7, 11) is 0. The maximum absolute atomic E-state index is 12.3. The summed E-state index contributed by atoms with van der Waals surface area (Å²) in [6, 6.07) is 10.4. The fraction of sp³-hybridized carbons (Fsp3) is 0.125. The quantitative estimate of drug-likeness (QED) is 0.631. The van der Waals surface area contributed by atoms with Crippen LogP contribution in [0.3, 0.4) is 0 Å². The molecular formula is C16H13BrN4O3S. The van der Waals surface area contributed by atoms with Crippen LogP contribution < -0.4 is 16.4 Å². The molecule has 3 aromatic rings. The molecule has 128 valence electrons. The summed E-state index contributed by atoms with van der Waals surface area (Å²) in [6.45, 7) is 0.170. The molecule has 0 radical (unpaired) electrons. The second-order valence-electron chi connectivity index (χ2n) is 5.12. The van der Waals surface area contributed by atoms with Crippen LogP contribution in [0, 0.1) is 0 Å². The molecule has 7 nitrogen and oxygen atoms in total. The molecule has 3 rings (SSSR count). The van der Waals surface area contributed by atoms with Gasteiger partial charge in [0.05, 0.1) is 25.9 Å². The van der Waals surface area contributed by atoms with E-state index in [1.165, 1.54) is 22.2 Å². The second-order valence-corrected chi connectivity index (χ2v) is 7.58. The van der Waals surface area contributed by atoms with Crippen molar-refractivity contribution in [2.24, 2.45) is 0 Å². The standard InChI is InChI=1S/C16H13BrN4O3S/c17-13-6-5-12(25-13)15(23)20-19-14(22)7-8-21-9-18-11-4-2-1-3-10(11)16(21)24/h1-6,9H,7-8H2,(H,19,22)(H,20,23). The minimum absolute atomic E-state index is 0.0361. The second kappa shape index (κ2) is 7.58. The fourth-order valence-electron chi connectivity index (χ4n) is 2.17. The molecular weight excluding hydrogens is 408 g/mol. The van der Waals surface area contributed by atoms with Gasteiger partial charge in [-0.25, -0.2) is 4.98 Å². The van der Waals surface area contributed by atoms with Crippen LogP contribution in [0.2, 0.25) is 0 Å². The zero-order chi connectivity index (χ0) is 17.8. The smallest absolute Gasteiger partial charge is 0.279 e. The number of benzene rings is 1. The van der Waals surface area contributed by atoms with Gasteiger partial charge in [-0.1, -0.05) is 12.1 Å². The van der Waals surface area contributed by atoms with Crippen molar-refractivity contribution in [1.29, 1.82) is 0 Å². The molecule has 2 heterocycles. The van der Waals surface area contributed by atoms with Crippen molar-refractivity contribution in [3.05, 3.63) is 61.7 Å². The Labute approximate surface area is 154 Å². The number of carbonyl (C=O) groups is 2. The van der Waals surface area contributed by atoms with Crippen molar-refractivity contribution in [2.75, 3.05) is 0 Å². The molecule has 0 atom stereocenters. The van der Waals surface area contributed by atoms with Crippen molar-refractivity contribution >= 4 is 50.0 Å². The van der Waals surface area contributed by atoms with E-state index in [0.717, 1.165) is 3.79 Å². The van der Waals surface area contributed by atoms with Crippen molar-refractivity contribution < 1.29 is 9.59 Å². The summed E-state index contributed by atoms with van der Waals surface area (Å²) in [5.41, 5.74) is 5.09. The van der Waals surface area contributed by atoms with E-state index in [4.69, 9.17) is 0 Å². The van der Waals surface area contributed by atoms with Gasteiger partial charge in [-0.2, -0.15) is 0 Å². The van der Waals surface area contributed by atoms with Crippen molar-refractivity contribution in [3.63, 3.8) is 0 Å². The molecule has 9 heteroatoms. The highest BCUT2D eigenvalue weighted by Crippen LogP contribution is 2.21. The molecule has 0 aliphatic heterocycles. The van der Waals surface area contributed by atoms with E-state index in [-0.39, 0.29) is 18.5 Å². The summed E-state index contributed by atoms with van der Waals surface area (Å²) >= 11 is 4.53. The molecule has 2 amide bonds. The molecule has 0 saturated carbocycles. The number of amides is 2. The van der Waals surface area contributed by atoms with E-state index >= 15 is 0 Å². The number of thiophene rings is 1. The van der Waals surface area contributed by atoms with Gasteiger partial charge in [0, 0.05) is 13.0 Å².